The molecule has 1 N–H and O–H groups in total. The largest absolute Gasteiger partial charge is 0.338 e. The molecule has 2 unspecified atom stereocenters. The molecule has 0 aromatic carbocycles. The monoisotopic (exact) mass is 281 g/mol. The SMILES string of the molecule is C=C(C)CN(CC)C(=O)CN1CC(CC)NCC1CC. The van der Waals surface area contributed by atoms with E-state index in [9.17, 15) is 4.79 Å². The maximum absolute atomic E-state index is 12.5. The summed E-state index contributed by atoms with van der Waals surface area (Å²) in [6.45, 7) is 16.3. The molecular formula is C16H31N3O. The minimum atomic E-state index is 0.228. The number of nitrogens with zero attached hydrogens (tertiary/aromatic N) is 2. The van der Waals surface area contributed by atoms with Gasteiger partial charge in [-0.15, -0.1) is 0 Å². The summed E-state index contributed by atoms with van der Waals surface area (Å²) >= 11 is 0. The Morgan fingerprint density at radius 2 is 2.05 bits per heavy atom. The molecule has 4 heteroatoms. The van der Waals surface area contributed by atoms with Crippen molar-refractivity contribution in [2.75, 3.05) is 32.7 Å². The summed E-state index contributed by atoms with van der Waals surface area (Å²) in [5.41, 5.74) is 1.04. The van der Waals surface area contributed by atoms with Gasteiger partial charge in [-0.3, -0.25) is 9.69 Å². The van der Waals surface area contributed by atoms with Crippen molar-refractivity contribution in [2.24, 2.45) is 0 Å². The molecule has 1 saturated heterocycles. The van der Waals surface area contributed by atoms with Gasteiger partial charge in [0.05, 0.1) is 6.54 Å². The highest BCUT2D eigenvalue weighted by Gasteiger charge is 2.28. The van der Waals surface area contributed by atoms with Crippen LogP contribution in [0.15, 0.2) is 12.2 Å². The van der Waals surface area contributed by atoms with Crippen LogP contribution in [0.4, 0.5) is 0 Å². The fourth-order valence-electron chi connectivity index (χ4n) is 2.77. The first-order chi connectivity index (χ1) is 9.51. The van der Waals surface area contributed by atoms with E-state index in [1.807, 2.05) is 18.7 Å². The number of carbonyl (C=O) groups is 1. The van der Waals surface area contributed by atoms with Gasteiger partial charge >= 0.3 is 0 Å². The highest BCUT2D eigenvalue weighted by atomic mass is 16.2. The molecule has 0 aromatic heterocycles. The molecule has 1 aliphatic heterocycles. The third-order valence-corrected chi connectivity index (χ3v) is 4.11. The van der Waals surface area contributed by atoms with Crippen LogP contribution in [0.1, 0.15) is 40.5 Å². The maximum Gasteiger partial charge on any atom is 0.237 e. The van der Waals surface area contributed by atoms with E-state index >= 15 is 0 Å². The summed E-state index contributed by atoms with van der Waals surface area (Å²) in [6.07, 6.45) is 2.20. The van der Waals surface area contributed by atoms with E-state index in [1.54, 1.807) is 0 Å². The second-order valence-electron chi connectivity index (χ2n) is 5.87. The molecule has 1 rings (SSSR count). The van der Waals surface area contributed by atoms with Crippen LogP contribution in [0.3, 0.4) is 0 Å². The Kier molecular flexibility index (Phi) is 7.24. The molecule has 116 valence electrons. The van der Waals surface area contributed by atoms with Crippen LogP contribution in [-0.4, -0.2) is 60.5 Å². The third-order valence-electron chi connectivity index (χ3n) is 4.11. The Labute approximate surface area is 124 Å². The number of amides is 1. The van der Waals surface area contributed by atoms with Gasteiger partial charge in [-0.1, -0.05) is 26.0 Å². The average Bonchev–Trinajstić information content (AvgIpc) is 2.44. The molecule has 1 aliphatic rings. The molecule has 0 saturated carbocycles. The smallest absolute Gasteiger partial charge is 0.237 e. The second kappa shape index (κ2) is 8.42. The van der Waals surface area contributed by atoms with E-state index < -0.39 is 0 Å². The molecular weight excluding hydrogens is 250 g/mol. The fourth-order valence-corrected chi connectivity index (χ4v) is 2.77. The molecule has 0 spiro atoms. The number of nitrogens with one attached hydrogen (secondary N) is 1. The summed E-state index contributed by atoms with van der Waals surface area (Å²) in [5.74, 6) is 0.228. The summed E-state index contributed by atoms with van der Waals surface area (Å²) in [5, 5.41) is 3.57. The van der Waals surface area contributed by atoms with Gasteiger partial charge in [0.2, 0.25) is 5.91 Å². The third kappa shape index (κ3) is 4.91. The average molecular weight is 281 g/mol. The van der Waals surface area contributed by atoms with E-state index in [-0.39, 0.29) is 5.91 Å². The zero-order valence-corrected chi connectivity index (χ0v) is 13.6. The van der Waals surface area contributed by atoms with Crippen LogP contribution >= 0.6 is 0 Å². The van der Waals surface area contributed by atoms with Crippen LogP contribution in [0, 0.1) is 0 Å². The quantitative estimate of drug-likeness (QED) is 0.724. The normalized spacial score (nSPS) is 23.6. The van der Waals surface area contributed by atoms with Crippen LogP contribution < -0.4 is 5.32 Å². The van der Waals surface area contributed by atoms with Gasteiger partial charge in [-0.05, 0) is 26.7 Å². The van der Waals surface area contributed by atoms with Gasteiger partial charge in [0, 0.05) is 38.3 Å². The first-order valence-corrected chi connectivity index (χ1v) is 7.91. The van der Waals surface area contributed by atoms with E-state index in [2.05, 4.69) is 30.6 Å². The van der Waals surface area contributed by atoms with E-state index in [0.29, 0.717) is 25.2 Å². The van der Waals surface area contributed by atoms with Crippen LogP contribution in [0.5, 0.6) is 0 Å². The molecule has 1 amide bonds. The minimum Gasteiger partial charge on any atom is -0.338 e. The highest BCUT2D eigenvalue weighted by Crippen LogP contribution is 2.12. The predicted molar refractivity (Wildman–Crippen MR) is 84.8 cm³/mol. The number of rotatable bonds is 7. The van der Waals surface area contributed by atoms with Crippen molar-refractivity contribution < 1.29 is 4.79 Å². The van der Waals surface area contributed by atoms with E-state index in [0.717, 1.165) is 38.0 Å². The summed E-state index contributed by atoms with van der Waals surface area (Å²) in [6, 6.07) is 0.993. The first-order valence-electron chi connectivity index (χ1n) is 7.91. The molecule has 20 heavy (non-hydrogen) atoms. The summed E-state index contributed by atoms with van der Waals surface area (Å²) in [7, 11) is 0. The highest BCUT2D eigenvalue weighted by molar-refractivity contribution is 5.78. The van der Waals surface area contributed by atoms with E-state index in [1.165, 1.54) is 0 Å². The first kappa shape index (κ1) is 17.2. The number of hydrogen-bond acceptors (Lipinski definition) is 3. The van der Waals surface area contributed by atoms with Crippen molar-refractivity contribution in [3.05, 3.63) is 12.2 Å². The molecule has 1 heterocycles. The van der Waals surface area contributed by atoms with Crippen molar-refractivity contribution in [2.45, 2.75) is 52.6 Å². The lowest BCUT2D eigenvalue weighted by atomic mass is 10.1. The van der Waals surface area contributed by atoms with Gasteiger partial charge in [0.25, 0.3) is 0 Å². The zero-order chi connectivity index (χ0) is 15.1. The standard InChI is InChI=1S/C16H31N3O/c1-6-14-11-19(15(7-2)9-17-14)12-16(20)18(8-3)10-13(4)5/h14-15,17H,4,6-12H2,1-3,5H3. The minimum absolute atomic E-state index is 0.228. The van der Waals surface area contributed by atoms with Gasteiger partial charge in [-0.2, -0.15) is 0 Å². The van der Waals surface area contributed by atoms with Crippen LogP contribution in [0.2, 0.25) is 0 Å². The Balaban J connectivity index is 2.62. The second-order valence-corrected chi connectivity index (χ2v) is 5.87. The summed E-state index contributed by atoms with van der Waals surface area (Å²) < 4.78 is 0. The van der Waals surface area contributed by atoms with Gasteiger partial charge in [-0.25, -0.2) is 0 Å². The molecule has 1 fully saturated rings. The lowest BCUT2D eigenvalue weighted by molar-refractivity contribution is -0.132. The molecule has 2 atom stereocenters. The molecule has 0 bridgehead atoms. The van der Waals surface area contributed by atoms with Crippen LogP contribution in [0.25, 0.3) is 0 Å². The topological polar surface area (TPSA) is 35.6 Å². The molecule has 4 nitrogen and oxygen atoms in total. The van der Waals surface area contributed by atoms with Crippen molar-refractivity contribution in [3.63, 3.8) is 0 Å². The van der Waals surface area contributed by atoms with Crippen molar-refractivity contribution in [1.82, 2.24) is 15.1 Å². The number of hydrogen-bond donors (Lipinski definition) is 1. The van der Waals surface area contributed by atoms with Gasteiger partial charge in [0.15, 0.2) is 0 Å². The number of carbonyl (C=O) groups excluding carboxylic acids is 1. The Bertz CT molecular complexity index is 330. The molecule has 0 aliphatic carbocycles. The Morgan fingerprint density at radius 1 is 1.35 bits per heavy atom. The van der Waals surface area contributed by atoms with Crippen LogP contribution in [-0.2, 0) is 4.79 Å². The Morgan fingerprint density at radius 3 is 2.55 bits per heavy atom. The molecule has 0 aromatic rings. The maximum atomic E-state index is 12.5. The fraction of sp³-hybridized carbons (Fsp3) is 0.812. The Hall–Kier alpha value is -0.870. The number of likely N-dealkylation sites (N-methyl/N-ethyl adjacent to an activating group) is 1. The lowest BCUT2D eigenvalue weighted by Crippen LogP contribution is -2.58. The van der Waals surface area contributed by atoms with E-state index in [4.69, 9.17) is 0 Å². The lowest BCUT2D eigenvalue weighted by Gasteiger charge is -2.40. The van der Waals surface area contributed by atoms with Crippen molar-refractivity contribution >= 4 is 5.91 Å². The van der Waals surface area contributed by atoms with Crippen molar-refractivity contribution in [3.8, 4) is 0 Å². The predicted octanol–water partition coefficient (Wildman–Crippen LogP) is 1.87. The summed E-state index contributed by atoms with van der Waals surface area (Å²) in [4.78, 5) is 16.7. The van der Waals surface area contributed by atoms with Gasteiger partial charge in [0.1, 0.15) is 0 Å². The zero-order valence-electron chi connectivity index (χ0n) is 13.6. The van der Waals surface area contributed by atoms with Gasteiger partial charge < -0.3 is 10.2 Å². The van der Waals surface area contributed by atoms with Crippen molar-refractivity contribution in [1.29, 1.82) is 0 Å². The number of piperazine rings is 1. The molecule has 0 radical (unpaired) electrons.